The number of likely N-dealkylation sites (tertiary alicyclic amines) is 1. The predicted octanol–water partition coefficient (Wildman–Crippen LogP) is 4.38. The lowest BCUT2D eigenvalue weighted by molar-refractivity contribution is -0.119. The number of ether oxygens (including phenoxy) is 1. The van der Waals surface area contributed by atoms with Crippen molar-refractivity contribution in [3.8, 4) is 0 Å². The fraction of sp³-hybridized carbons (Fsp3) is 0.379. The topological polar surface area (TPSA) is 113 Å². The zero-order valence-corrected chi connectivity index (χ0v) is 22.5. The highest BCUT2D eigenvalue weighted by Gasteiger charge is 2.27. The van der Waals surface area contributed by atoms with Gasteiger partial charge in [-0.05, 0) is 68.7 Å². The number of piperidine rings is 1. The van der Waals surface area contributed by atoms with E-state index in [1.807, 2.05) is 6.07 Å². The van der Waals surface area contributed by atoms with Gasteiger partial charge in [-0.15, -0.1) is 0 Å². The van der Waals surface area contributed by atoms with Crippen LogP contribution in [0.5, 0.6) is 0 Å². The molecular formula is C29H35F2N5O4. The summed E-state index contributed by atoms with van der Waals surface area (Å²) in [5, 5.41) is 9.83. The Balaban J connectivity index is 0.000000178. The lowest BCUT2D eigenvalue weighted by atomic mass is 10.1. The number of fused-ring (bicyclic) bond motifs is 1. The van der Waals surface area contributed by atoms with Crippen LogP contribution >= 0.6 is 0 Å². The van der Waals surface area contributed by atoms with E-state index >= 15 is 0 Å². The summed E-state index contributed by atoms with van der Waals surface area (Å²) in [7, 11) is 1.62. The van der Waals surface area contributed by atoms with E-state index in [4.69, 9.17) is 4.74 Å². The van der Waals surface area contributed by atoms with E-state index in [-0.39, 0.29) is 17.8 Å². The maximum absolute atomic E-state index is 11.9. The van der Waals surface area contributed by atoms with Gasteiger partial charge in [-0.2, -0.15) is 0 Å². The Morgan fingerprint density at radius 1 is 1.15 bits per heavy atom. The normalized spacial score (nSPS) is 18.6. The Morgan fingerprint density at radius 2 is 1.82 bits per heavy atom. The van der Waals surface area contributed by atoms with Crippen molar-refractivity contribution in [2.24, 2.45) is 4.99 Å². The van der Waals surface area contributed by atoms with Crippen LogP contribution in [0.3, 0.4) is 0 Å². The molecule has 40 heavy (non-hydrogen) atoms. The highest BCUT2D eigenvalue weighted by molar-refractivity contribution is 5.58. The molecule has 3 aromatic rings. The largest absolute Gasteiger partial charge is 0.390 e. The standard InChI is InChI=1S/C12H16N4O2.C11H15NO2.C6H4F2/c1-3-10-11(13-2)14-12(18)16(10)9-4-6-15(8-17)7-5-9;1-14-11-9(13)6-2-4-8-5-3-7-12-10(8)11;7-5-3-1-2-4-6(5)8/h3,8-9H,1-2,4-7H2,(H,14,18);3,5,7,9,11,13H,2,4,6H2,1H3;1-4H. The van der Waals surface area contributed by atoms with Crippen LogP contribution < -0.4 is 5.69 Å². The monoisotopic (exact) mass is 555 g/mol. The molecule has 0 radical (unpaired) electrons. The van der Waals surface area contributed by atoms with Crippen molar-refractivity contribution in [3.63, 3.8) is 0 Å². The van der Waals surface area contributed by atoms with Crippen LogP contribution in [0.1, 0.15) is 54.8 Å². The van der Waals surface area contributed by atoms with E-state index in [0.29, 0.717) is 24.6 Å². The minimum Gasteiger partial charge on any atom is -0.390 e. The van der Waals surface area contributed by atoms with Crippen LogP contribution in [-0.4, -0.2) is 64.0 Å². The zero-order chi connectivity index (χ0) is 29.1. The Kier molecular flexibility index (Phi) is 11.5. The number of nitrogens with zero attached hydrogens (tertiary/aromatic N) is 4. The summed E-state index contributed by atoms with van der Waals surface area (Å²) in [5.74, 6) is -1.15. The summed E-state index contributed by atoms with van der Waals surface area (Å²) < 4.78 is 30.9. The van der Waals surface area contributed by atoms with Crippen LogP contribution in [0.4, 0.5) is 14.6 Å². The van der Waals surface area contributed by atoms with Gasteiger partial charge in [0.15, 0.2) is 17.5 Å². The number of aliphatic imine (C=N–C) groups is 1. The van der Waals surface area contributed by atoms with Crippen molar-refractivity contribution in [2.75, 3.05) is 20.2 Å². The number of methoxy groups -OCH3 is 1. The average Bonchev–Trinajstić information content (AvgIpc) is 3.21. The van der Waals surface area contributed by atoms with Crippen LogP contribution in [0, 0.1) is 11.6 Å². The molecule has 9 nitrogen and oxygen atoms in total. The third-order valence-corrected chi connectivity index (χ3v) is 6.88. The second-order valence-electron chi connectivity index (χ2n) is 9.35. The molecule has 1 saturated heterocycles. The van der Waals surface area contributed by atoms with Gasteiger partial charge in [0.05, 0.1) is 17.5 Å². The van der Waals surface area contributed by atoms with Crippen LogP contribution in [0.25, 0.3) is 6.08 Å². The van der Waals surface area contributed by atoms with Gasteiger partial charge in [-0.25, -0.2) is 18.6 Å². The number of carbonyl (C=O) groups excluding carboxylic acids is 1. The molecule has 1 amide bonds. The molecule has 2 atom stereocenters. The molecule has 1 aliphatic carbocycles. The third-order valence-electron chi connectivity index (χ3n) is 6.88. The van der Waals surface area contributed by atoms with Gasteiger partial charge < -0.3 is 14.7 Å². The van der Waals surface area contributed by atoms with Crippen LogP contribution in [-0.2, 0) is 16.0 Å². The summed E-state index contributed by atoms with van der Waals surface area (Å²) in [5.41, 5.74) is 2.58. The number of hydrogen-bond acceptors (Lipinski definition) is 6. The molecule has 1 aromatic carbocycles. The first-order valence-electron chi connectivity index (χ1n) is 13.0. The highest BCUT2D eigenvalue weighted by atomic mass is 19.2. The Hall–Kier alpha value is -3.96. The fourth-order valence-corrected chi connectivity index (χ4v) is 4.84. The Labute approximate surface area is 231 Å². The van der Waals surface area contributed by atoms with Crippen molar-refractivity contribution in [3.05, 3.63) is 88.2 Å². The second-order valence-corrected chi connectivity index (χ2v) is 9.35. The number of carbonyl (C=O) groups is 1. The molecule has 2 unspecified atom stereocenters. The number of amides is 1. The summed E-state index contributed by atoms with van der Waals surface area (Å²) in [6.07, 6.45) is 7.82. The minimum atomic E-state index is -0.799. The zero-order valence-electron chi connectivity index (χ0n) is 22.5. The van der Waals surface area contributed by atoms with Gasteiger partial charge in [-0.1, -0.05) is 24.8 Å². The number of benzene rings is 1. The van der Waals surface area contributed by atoms with Gasteiger partial charge in [0.2, 0.25) is 6.41 Å². The summed E-state index contributed by atoms with van der Waals surface area (Å²) in [6, 6.07) is 9.12. The average molecular weight is 556 g/mol. The van der Waals surface area contributed by atoms with Crippen molar-refractivity contribution < 1.29 is 23.4 Å². The molecule has 1 fully saturated rings. The van der Waals surface area contributed by atoms with E-state index in [1.165, 1.54) is 17.7 Å². The van der Waals surface area contributed by atoms with Crippen LogP contribution in [0.2, 0.25) is 0 Å². The maximum atomic E-state index is 11.9. The number of halogens is 2. The molecule has 5 rings (SSSR count). The molecule has 0 bridgehead atoms. The lowest BCUT2D eigenvalue weighted by Gasteiger charge is -2.30. The number of rotatable bonds is 5. The van der Waals surface area contributed by atoms with Gasteiger partial charge in [0.1, 0.15) is 6.10 Å². The number of imidazole rings is 1. The summed E-state index contributed by atoms with van der Waals surface area (Å²) >= 11 is 0. The molecule has 2 aliphatic rings. The number of aromatic amines is 1. The van der Waals surface area contributed by atoms with Gasteiger partial charge >= 0.3 is 5.69 Å². The molecule has 2 aromatic heterocycles. The molecule has 0 saturated carbocycles. The summed E-state index contributed by atoms with van der Waals surface area (Å²) in [6.45, 7) is 8.47. The van der Waals surface area contributed by atoms with Crippen molar-refractivity contribution >= 4 is 25.0 Å². The first kappa shape index (κ1) is 30.6. The quantitative estimate of drug-likeness (QED) is 0.276. The minimum absolute atomic E-state index is 0.0773. The van der Waals surface area contributed by atoms with Gasteiger partial charge in [0.25, 0.3) is 0 Å². The molecule has 3 heterocycles. The first-order chi connectivity index (χ1) is 19.3. The number of aromatic nitrogens is 3. The van der Waals surface area contributed by atoms with E-state index < -0.39 is 17.7 Å². The van der Waals surface area contributed by atoms with E-state index in [0.717, 1.165) is 56.3 Å². The molecule has 2 N–H and O–H groups in total. The number of nitrogens with one attached hydrogen (secondary N) is 1. The predicted molar refractivity (Wildman–Crippen MR) is 150 cm³/mol. The number of aliphatic hydroxyl groups excluding tert-OH is 1. The van der Waals surface area contributed by atoms with E-state index in [9.17, 15) is 23.5 Å². The maximum Gasteiger partial charge on any atom is 0.327 e. The smallest absolute Gasteiger partial charge is 0.327 e. The number of aryl methyl sites for hydroxylation is 1. The SMILES string of the molecule is C=Cc1c(N=C)[nH]c(=O)n1C1CCN(C=O)CC1.COC1c2ncccc2CCCC1O.Fc1ccccc1F. The van der Waals surface area contributed by atoms with Crippen molar-refractivity contribution in [2.45, 2.75) is 50.4 Å². The number of pyridine rings is 1. The van der Waals surface area contributed by atoms with E-state index in [2.05, 4.69) is 34.3 Å². The lowest BCUT2D eigenvalue weighted by Crippen LogP contribution is -2.36. The molecule has 214 valence electrons. The molecule has 11 heteroatoms. The molecule has 1 aliphatic heterocycles. The van der Waals surface area contributed by atoms with Gasteiger partial charge in [0, 0.05) is 32.4 Å². The van der Waals surface area contributed by atoms with Crippen molar-refractivity contribution in [1.82, 2.24) is 19.4 Å². The van der Waals surface area contributed by atoms with Gasteiger partial charge in [-0.3, -0.25) is 19.3 Å². The fourth-order valence-electron chi connectivity index (χ4n) is 4.84. The van der Waals surface area contributed by atoms with E-state index in [1.54, 1.807) is 28.8 Å². The highest BCUT2D eigenvalue weighted by Crippen LogP contribution is 2.29. The number of aliphatic hydroxyl groups is 1. The van der Waals surface area contributed by atoms with Crippen LogP contribution in [0.15, 0.2) is 59.0 Å². The first-order valence-corrected chi connectivity index (χ1v) is 13.0. The second kappa shape index (κ2) is 15.0. The third kappa shape index (κ3) is 7.57. The molecule has 0 spiro atoms. The van der Waals surface area contributed by atoms with Crippen molar-refractivity contribution in [1.29, 1.82) is 0 Å². The number of H-pyrrole nitrogens is 1. The Morgan fingerprint density at radius 3 is 2.38 bits per heavy atom. The molecular weight excluding hydrogens is 520 g/mol. The number of hydrogen-bond donors (Lipinski definition) is 2. The summed E-state index contributed by atoms with van der Waals surface area (Å²) in [4.78, 5) is 35.0. The Bertz CT molecular complexity index is 1310.